The van der Waals surface area contributed by atoms with Crippen LogP contribution >= 0.6 is 0 Å². The second kappa shape index (κ2) is 5.50. The highest BCUT2D eigenvalue weighted by Gasteiger charge is 2.10. The molecule has 0 fully saturated rings. The van der Waals surface area contributed by atoms with Crippen molar-refractivity contribution in [1.82, 2.24) is 0 Å². The normalized spacial score (nSPS) is 18.2. The highest BCUT2D eigenvalue weighted by Crippen LogP contribution is 2.20. The van der Waals surface area contributed by atoms with E-state index in [4.69, 9.17) is 5.73 Å². The number of nitrogens with two attached hydrogens (primary N) is 1. The first-order valence-corrected chi connectivity index (χ1v) is 4.92. The molecule has 3 nitrogen and oxygen atoms in total. The molecule has 1 aliphatic rings. The minimum Gasteiger partial charge on any atom is -0.330 e. The predicted molar refractivity (Wildman–Crippen MR) is 61.7 cm³/mol. The van der Waals surface area contributed by atoms with Gasteiger partial charge in [0.05, 0.1) is 0 Å². The Morgan fingerprint density at radius 2 is 2.21 bits per heavy atom. The average Bonchev–Trinajstić information content (AvgIpc) is 2.18. The second-order valence-electron chi connectivity index (χ2n) is 3.27. The Balaban J connectivity index is 2.97. The summed E-state index contributed by atoms with van der Waals surface area (Å²) in [4.78, 5) is 8.32. The fourth-order valence-electron chi connectivity index (χ4n) is 1.50. The highest BCUT2D eigenvalue weighted by molar-refractivity contribution is 6.16. The molecular formula is C11H17N3. The summed E-state index contributed by atoms with van der Waals surface area (Å²) < 4.78 is 0. The zero-order valence-corrected chi connectivity index (χ0v) is 8.77. The minimum absolute atomic E-state index is 0.386. The largest absolute Gasteiger partial charge is 0.330 e. The van der Waals surface area contributed by atoms with Gasteiger partial charge in [-0.25, -0.2) is 0 Å². The van der Waals surface area contributed by atoms with E-state index in [2.05, 4.69) is 16.9 Å². The number of hydrogen-bond acceptors (Lipinski definition) is 3. The summed E-state index contributed by atoms with van der Waals surface area (Å²) in [6.45, 7) is 4.80. The molecule has 0 aliphatic carbocycles. The average molecular weight is 191 g/mol. The van der Waals surface area contributed by atoms with Crippen LogP contribution < -0.4 is 5.73 Å². The molecule has 1 rings (SSSR count). The molecule has 0 radical (unpaired) electrons. The Kier molecular flexibility index (Phi) is 4.26. The van der Waals surface area contributed by atoms with Gasteiger partial charge in [-0.05, 0) is 37.5 Å². The minimum atomic E-state index is 0.386. The van der Waals surface area contributed by atoms with Crippen LogP contribution in [0.25, 0.3) is 0 Å². The van der Waals surface area contributed by atoms with E-state index in [1.807, 2.05) is 13.0 Å². The van der Waals surface area contributed by atoms with Crippen molar-refractivity contribution in [2.75, 3.05) is 6.54 Å². The molecule has 76 valence electrons. The quantitative estimate of drug-likeness (QED) is 0.728. The van der Waals surface area contributed by atoms with Gasteiger partial charge in [-0.15, -0.1) is 0 Å². The van der Waals surface area contributed by atoms with E-state index in [1.165, 1.54) is 5.57 Å². The summed E-state index contributed by atoms with van der Waals surface area (Å²) in [7, 11) is 0. The van der Waals surface area contributed by atoms with E-state index in [9.17, 15) is 0 Å². The topological polar surface area (TPSA) is 50.7 Å². The molecule has 0 saturated carbocycles. The highest BCUT2D eigenvalue weighted by atomic mass is 14.8. The van der Waals surface area contributed by atoms with Gasteiger partial charge in [-0.2, -0.15) is 0 Å². The summed E-state index contributed by atoms with van der Waals surface area (Å²) >= 11 is 0. The monoisotopic (exact) mass is 191 g/mol. The van der Waals surface area contributed by atoms with Crippen molar-refractivity contribution < 1.29 is 0 Å². The van der Waals surface area contributed by atoms with E-state index in [1.54, 1.807) is 18.6 Å². The molecule has 0 amide bonds. The van der Waals surface area contributed by atoms with Crippen LogP contribution in [0.4, 0.5) is 0 Å². The van der Waals surface area contributed by atoms with Crippen molar-refractivity contribution in [1.29, 1.82) is 0 Å². The van der Waals surface area contributed by atoms with E-state index in [0.717, 1.165) is 12.1 Å². The molecule has 1 atom stereocenters. The Morgan fingerprint density at radius 1 is 1.43 bits per heavy atom. The Labute approximate surface area is 85.1 Å². The van der Waals surface area contributed by atoms with E-state index >= 15 is 0 Å². The lowest BCUT2D eigenvalue weighted by Crippen LogP contribution is -2.16. The van der Waals surface area contributed by atoms with Crippen molar-refractivity contribution in [3.8, 4) is 0 Å². The maximum atomic E-state index is 5.71. The number of rotatable bonds is 3. The molecule has 14 heavy (non-hydrogen) atoms. The summed E-state index contributed by atoms with van der Waals surface area (Å²) in [6, 6.07) is 0. The van der Waals surface area contributed by atoms with Crippen LogP contribution in [-0.4, -0.2) is 19.0 Å². The zero-order chi connectivity index (χ0) is 10.4. The number of aliphatic imine (C=N–C) groups is 2. The SMILES string of the molecule is CCC(CN)C1=C(C)N=CC=NC=C1. The van der Waals surface area contributed by atoms with Crippen LogP contribution in [0.15, 0.2) is 33.5 Å². The summed E-state index contributed by atoms with van der Waals surface area (Å²) in [6.07, 6.45) is 8.22. The van der Waals surface area contributed by atoms with Crippen LogP contribution in [0.5, 0.6) is 0 Å². The summed E-state index contributed by atoms with van der Waals surface area (Å²) in [5, 5.41) is 0. The van der Waals surface area contributed by atoms with Gasteiger partial charge in [0.1, 0.15) is 0 Å². The lowest BCUT2D eigenvalue weighted by Gasteiger charge is -2.15. The smallest absolute Gasteiger partial charge is 0.0454 e. The maximum absolute atomic E-state index is 5.71. The molecule has 0 aromatic heterocycles. The van der Waals surface area contributed by atoms with Gasteiger partial charge in [0.25, 0.3) is 0 Å². The van der Waals surface area contributed by atoms with E-state index in [0.29, 0.717) is 12.5 Å². The van der Waals surface area contributed by atoms with Gasteiger partial charge in [0.2, 0.25) is 0 Å². The first-order valence-electron chi connectivity index (χ1n) is 4.92. The van der Waals surface area contributed by atoms with Gasteiger partial charge < -0.3 is 5.73 Å². The Bertz CT molecular complexity index is 294. The first kappa shape index (κ1) is 10.9. The summed E-state index contributed by atoms with van der Waals surface area (Å²) in [5.74, 6) is 0.386. The van der Waals surface area contributed by atoms with Gasteiger partial charge in [-0.3, -0.25) is 9.98 Å². The molecule has 0 aromatic rings. The van der Waals surface area contributed by atoms with Crippen molar-refractivity contribution in [3.05, 3.63) is 23.5 Å². The lowest BCUT2D eigenvalue weighted by atomic mass is 9.94. The van der Waals surface area contributed by atoms with Crippen LogP contribution in [0, 0.1) is 5.92 Å². The standard InChI is InChI=1S/C11H17N3/c1-3-10(8-12)11-4-5-13-6-7-14-9(11)2/h4-7,10H,3,8,12H2,1-2H3. The second-order valence-corrected chi connectivity index (χ2v) is 3.27. The lowest BCUT2D eigenvalue weighted by molar-refractivity contribution is 0.609. The zero-order valence-electron chi connectivity index (χ0n) is 8.77. The van der Waals surface area contributed by atoms with Crippen LogP contribution in [0.2, 0.25) is 0 Å². The van der Waals surface area contributed by atoms with Gasteiger partial charge in [0, 0.05) is 24.3 Å². The molecule has 0 saturated heterocycles. The Morgan fingerprint density at radius 3 is 2.86 bits per heavy atom. The van der Waals surface area contributed by atoms with Crippen LogP contribution in [0.3, 0.4) is 0 Å². The van der Waals surface area contributed by atoms with Crippen LogP contribution in [-0.2, 0) is 0 Å². The number of hydrogen-bond donors (Lipinski definition) is 1. The molecule has 1 unspecified atom stereocenters. The molecule has 2 N–H and O–H groups in total. The molecular weight excluding hydrogens is 174 g/mol. The Hall–Kier alpha value is -1.22. The van der Waals surface area contributed by atoms with Crippen molar-refractivity contribution >= 4 is 12.4 Å². The van der Waals surface area contributed by atoms with Crippen molar-refractivity contribution in [2.24, 2.45) is 21.6 Å². The van der Waals surface area contributed by atoms with Crippen LogP contribution in [0.1, 0.15) is 20.3 Å². The third kappa shape index (κ3) is 2.64. The fourth-order valence-corrected chi connectivity index (χ4v) is 1.50. The first-order chi connectivity index (χ1) is 6.79. The number of allylic oxidation sites excluding steroid dienone is 2. The van der Waals surface area contributed by atoms with E-state index in [-0.39, 0.29) is 0 Å². The van der Waals surface area contributed by atoms with Crippen molar-refractivity contribution in [3.63, 3.8) is 0 Å². The van der Waals surface area contributed by atoms with E-state index < -0.39 is 0 Å². The molecule has 0 bridgehead atoms. The van der Waals surface area contributed by atoms with Gasteiger partial charge >= 0.3 is 0 Å². The molecule has 1 heterocycles. The molecule has 0 spiro atoms. The predicted octanol–water partition coefficient (Wildman–Crippen LogP) is 1.91. The van der Waals surface area contributed by atoms with Gasteiger partial charge in [-0.1, -0.05) is 6.92 Å². The third-order valence-electron chi connectivity index (χ3n) is 2.40. The summed E-state index contributed by atoms with van der Waals surface area (Å²) in [5.41, 5.74) is 7.94. The third-order valence-corrected chi connectivity index (χ3v) is 2.40. The van der Waals surface area contributed by atoms with Crippen molar-refractivity contribution in [2.45, 2.75) is 20.3 Å². The van der Waals surface area contributed by atoms with Gasteiger partial charge in [0.15, 0.2) is 0 Å². The molecule has 3 heteroatoms. The maximum Gasteiger partial charge on any atom is 0.0454 e. The number of nitrogens with zero attached hydrogens (tertiary/aromatic N) is 2. The fraction of sp³-hybridized carbons (Fsp3) is 0.455. The molecule has 1 aliphatic heterocycles. The molecule has 0 aromatic carbocycles.